The number of hydrogen-bond acceptors (Lipinski definition) is 8. The van der Waals surface area contributed by atoms with Gasteiger partial charge in [-0.2, -0.15) is 0 Å². The summed E-state index contributed by atoms with van der Waals surface area (Å²) in [6.45, 7) is 3.82. The van der Waals surface area contributed by atoms with Gasteiger partial charge in [0, 0.05) is 19.4 Å². The summed E-state index contributed by atoms with van der Waals surface area (Å²) in [6.07, 6.45) is 67.8. The Labute approximate surface area is 447 Å². The largest absolute Gasteiger partial charge is 0.472 e. The lowest BCUT2D eigenvalue weighted by Gasteiger charge is -2.19. The zero-order valence-electron chi connectivity index (χ0n) is 48.2. The lowest BCUT2D eigenvalue weighted by Crippen LogP contribution is -2.29. The summed E-state index contributed by atoms with van der Waals surface area (Å²) in [5, 5.41) is 0. The molecule has 0 saturated heterocycles. The highest BCUT2D eigenvalue weighted by molar-refractivity contribution is 7.47. The van der Waals surface area contributed by atoms with Crippen molar-refractivity contribution in [2.24, 2.45) is 5.73 Å². The molecule has 3 N–H and O–H groups in total. The van der Waals surface area contributed by atoms with Crippen LogP contribution in [0.15, 0.2) is 0 Å². The van der Waals surface area contributed by atoms with Crippen molar-refractivity contribution in [3.63, 3.8) is 0 Å². The zero-order chi connectivity index (χ0) is 52.4. The Kier molecular flexibility index (Phi) is 58.4. The molecule has 0 aromatic heterocycles. The Balaban J connectivity index is 3.71. The van der Waals surface area contributed by atoms with E-state index in [1.807, 2.05) is 0 Å². The van der Waals surface area contributed by atoms with E-state index in [4.69, 9.17) is 24.3 Å². The van der Waals surface area contributed by atoms with Gasteiger partial charge in [-0.3, -0.25) is 18.6 Å². The summed E-state index contributed by atoms with van der Waals surface area (Å²) < 4.78 is 33.0. The standard InChI is InChI=1S/C62H124NO8P/c1-3-5-7-9-11-13-15-17-19-20-21-22-23-24-25-26-27-28-29-30-31-32-33-34-35-36-37-38-39-40-41-43-45-47-49-51-53-55-62(65)71-60(59-70-72(66,67)69-57-56-63)58-68-61(64)54-52-50-48-46-44-42-18-16-14-12-10-8-6-4-2/h60H,3-59,63H2,1-2H3,(H,66,67). The lowest BCUT2D eigenvalue weighted by molar-refractivity contribution is -0.161. The number of rotatable bonds is 62. The summed E-state index contributed by atoms with van der Waals surface area (Å²) >= 11 is 0. The van der Waals surface area contributed by atoms with E-state index in [0.717, 1.165) is 32.1 Å². The van der Waals surface area contributed by atoms with Gasteiger partial charge in [-0.1, -0.05) is 328 Å². The third-order valence-corrected chi connectivity index (χ3v) is 15.7. The number of phosphoric acid groups is 1. The van der Waals surface area contributed by atoms with E-state index in [0.29, 0.717) is 6.42 Å². The van der Waals surface area contributed by atoms with Crippen LogP contribution in [0, 0.1) is 0 Å². The number of esters is 2. The highest BCUT2D eigenvalue weighted by Gasteiger charge is 2.26. The molecule has 0 aliphatic heterocycles. The van der Waals surface area contributed by atoms with Crippen molar-refractivity contribution in [2.75, 3.05) is 26.4 Å². The monoisotopic (exact) mass is 1040 g/mol. The topological polar surface area (TPSA) is 134 Å². The molecule has 9 nitrogen and oxygen atoms in total. The van der Waals surface area contributed by atoms with Crippen molar-refractivity contribution < 1.29 is 37.6 Å². The SMILES string of the molecule is CCCCCCCCCCCCCCCCCCCCCCCCCCCCCCCCCCCCCCCC(=O)OC(COC(=O)CCCCCCCCCCCCCCCC)COP(=O)(O)OCCN. The fourth-order valence-electron chi connectivity index (χ4n) is 10.00. The van der Waals surface area contributed by atoms with Gasteiger partial charge in [0.05, 0.1) is 13.2 Å². The third-order valence-electron chi connectivity index (χ3n) is 14.7. The molecule has 0 aromatic rings. The van der Waals surface area contributed by atoms with Crippen LogP contribution in [0.1, 0.15) is 354 Å². The second-order valence-corrected chi connectivity index (χ2v) is 23.5. The maximum absolute atomic E-state index is 12.7. The van der Waals surface area contributed by atoms with Crippen LogP contribution in [-0.4, -0.2) is 49.3 Å². The summed E-state index contributed by atoms with van der Waals surface area (Å²) in [7, 11) is -4.38. The fourth-order valence-corrected chi connectivity index (χ4v) is 10.8. The van der Waals surface area contributed by atoms with Crippen molar-refractivity contribution >= 4 is 19.8 Å². The van der Waals surface area contributed by atoms with Crippen LogP contribution < -0.4 is 5.73 Å². The maximum atomic E-state index is 12.7. The molecule has 10 heteroatoms. The minimum absolute atomic E-state index is 0.0585. The van der Waals surface area contributed by atoms with Crippen LogP contribution in [0.2, 0.25) is 0 Å². The molecule has 0 aliphatic rings. The molecule has 0 aliphatic carbocycles. The van der Waals surface area contributed by atoms with Crippen molar-refractivity contribution in [3.05, 3.63) is 0 Å². The Hall–Kier alpha value is -0.990. The molecule has 0 fully saturated rings. The highest BCUT2D eigenvalue weighted by Crippen LogP contribution is 2.43. The van der Waals surface area contributed by atoms with Crippen LogP contribution in [-0.2, 0) is 32.7 Å². The Morgan fingerprint density at radius 3 is 0.847 bits per heavy atom. The first-order valence-electron chi connectivity index (χ1n) is 32.0. The van der Waals surface area contributed by atoms with E-state index in [9.17, 15) is 19.0 Å². The van der Waals surface area contributed by atoms with Crippen LogP contribution in [0.25, 0.3) is 0 Å². The molecule has 2 unspecified atom stereocenters. The van der Waals surface area contributed by atoms with E-state index in [-0.39, 0.29) is 38.6 Å². The van der Waals surface area contributed by atoms with Gasteiger partial charge in [0.2, 0.25) is 0 Å². The molecule has 0 spiro atoms. The molecule has 0 amide bonds. The second-order valence-electron chi connectivity index (χ2n) is 22.0. The van der Waals surface area contributed by atoms with Crippen molar-refractivity contribution in [1.82, 2.24) is 0 Å². The predicted octanol–water partition coefficient (Wildman–Crippen LogP) is 20.2. The third kappa shape index (κ3) is 58.3. The van der Waals surface area contributed by atoms with Gasteiger partial charge in [0.25, 0.3) is 0 Å². The molecule has 0 bridgehead atoms. The molecule has 0 radical (unpaired) electrons. The van der Waals surface area contributed by atoms with Crippen LogP contribution >= 0.6 is 7.82 Å². The average Bonchev–Trinajstić information content (AvgIpc) is 3.37. The van der Waals surface area contributed by atoms with Gasteiger partial charge in [-0.05, 0) is 12.8 Å². The average molecular weight is 1040 g/mol. The summed E-state index contributed by atoms with van der Waals surface area (Å²) in [5.41, 5.74) is 5.38. The molecule has 2 atom stereocenters. The molecular formula is C62H124NO8P. The maximum Gasteiger partial charge on any atom is 0.472 e. The first-order valence-corrected chi connectivity index (χ1v) is 33.5. The summed E-state index contributed by atoms with van der Waals surface area (Å²) in [4.78, 5) is 35.1. The van der Waals surface area contributed by atoms with E-state index in [1.165, 1.54) is 289 Å². The molecule has 0 rings (SSSR count). The van der Waals surface area contributed by atoms with Gasteiger partial charge in [-0.15, -0.1) is 0 Å². The number of phosphoric ester groups is 1. The molecule has 0 heterocycles. The second kappa shape index (κ2) is 59.3. The number of hydrogen-bond donors (Lipinski definition) is 2. The van der Waals surface area contributed by atoms with Crippen molar-refractivity contribution in [3.8, 4) is 0 Å². The minimum atomic E-state index is -4.38. The smallest absolute Gasteiger partial charge is 0.462 e. The number of carbonyl (C=O) groups excluding carboxylic acids is 2. The van der Waals surface area contributed by atoms with Gasteiger partial charge in [0.15, 0.2) is 6.10 Å². The van der Waals surface area contributed by atoms with Crippen LogP contribution in [0.4, 0.5) is 0 Å². The predicted molar refractivity (Wildman–Crippen MR) is 308 cm³/mol. The highest BCUT2D eigenvalue weighted by atomic mass is 31.2. The zero-order valence-corrected chi connectivity index (χ0v) is 49.1. The molecule has 0 saturated carbocycles. The minimum Gasteiger partial charge on any atom is -0.462 e. The first kappa shape index (κ1) is 71.0. The first-order chi connectivity index (χ1) is 35.3. The Morgan fingerprint density at radius 1 is 0.361 bits per heavy atom. The summed E-state index contributed by atoms with van der Waals surface area (Å²) in [5.74, 6) is -0.804. The molecular weight excluding hydrogens is 918 g/mol. The Bertz CT molecular complexity index is 1140. The molecule has 72 heavy (non-hydrogen) atoms. The van der Waals surface area contributed by atoms with Crippen molar-refractivity contribution in [2.45, 2.75) is 360 Å². The van der Waals surface area contributed by atoms with Gasteiger partial charge >= 0.3 is 19.8 Å². The number of carbonyl (C=O) groups is 2. The van der Waals surface area contributed by atoms with E-state index in [2.05, 4.69) is 13.8 Å². The van der Waals surface area contributed by atoms with Gasteiger partial charge in [0.1, 0.15) is 6.61 Å². The Morgan fingerprint density at radius 2 is 0.597 bits per heavy atom. The van der Waals surface area contributed by atoms with Crippen LogP contribution in [0.3, 0.4) is 0 Å². The fraction of sp³-hybridized carbons (Fsp3) is 0.968. The summed E-state index contributed by atoms with van der Waals surface area (Å²) in [6, 6.07) is 0. The van der Waals surface area contributed by atoms with Gasteiger partial charge in [-0.25, -0.2) is 4.57 Å². The van der Waals surface area contributed by atoms with Gasteiger partial charge < -0.3 is 20.1 Å². The normalized spacial score (nSPS) is 12.9. The van der Waals surface area contributed by atoms with Crippen molar-refractivity contribution in [1.29, 1.82) is 0 Å². The van der Waals surface area contributed by atoms with Crippen LogP contribution in [0.5, 0.6) is 0 Å². The van der Waals surface area contributed by atoms with E-state index >= 15 is 0 Å². The number of unbranched alkanes of at least 4 members (excludes halogenated alkanes) is 49. The molecule has 430 valence electrons. The lowest BCUT2D eigenvalue weighted by atomic mass is 10.0. The molecule has 0 aromatic carbocycles. The number of ether oxygens (including phenoxy) is 2. The van der Waals surface area contributed by atoms with E-state index < -0.39 is 26.5 Å². The number of nitrogens with two attached hydrogens (primary N) is 1. The van der Waals surface area contributed by atoms with E-state index in [1.54, 1.807) is 0 Å². The quantitative estimate of drug-likeness (QED) is 0.0347.